The molecule has 0 saturated carbocycles. The molecule has 0 saturated heterocycles. The van der Waals surface area contributed by atoms with Crippen molar-refractivity contribution in [1.82, 2.24) is 9.97 Å². The smallest absolute Gasteiger partial charge is 0.433 e. The van der Waals surface area contributed by atoms with Crippen molar-refractivity contribution < 1.29 is 22.3 Å². The molecule has 0 bridgehead atoms. The van der Waals surface area contributed by atoms with Gasteiger partial charge in [0.05, 0.1) is 24.1 Å². The molecule has 0 aromatic carbocycles. The molecule has 0 radical (unpaired) electrons. The fraction of sp³-hybridized carbons (Fsp3) is 0.333. The Labute approximate surface area is 107 Å². The molecule has 19 heavy (non-hydrogen) atoms. The summed E-state index contributed by atoms with van der Waals surface area (Å²) in [6.45, 7) is 3.52. The zero-order valence-electron chi connectivity index (χ0n) is 10.2. The molecule has 0 aliphatic heterocycles. The number of oxazole rings is 1. The quantitative estimate of drug-likeness (QED) is 0.857. The van der Waals surface area contributed by atoms with Gasteiger partial charge in [0.25, 0.3) is 0 Å². The molecule has 0 N–H and O–H groups in total. The Bertz CT molecular complexity index is 551. The van der Waals surface area contributed by atoms with E-state index in [1.807, 2.05) is 0 Å². The van der Waals surface area contributed by atoms with Gasteiger partial charge in [-0.05, 0) is 19.9 Å². The highest BCUT2D eigenvalue weighted by Gasteiger charge is 2.33. The van der Waals surface area contributed by atoms with Gasteiger partial charge in [-0.3, -0.25) is 0 Å². The first-order valence-corrected chi connectivity index (χ1v) is 5.51. The number of hydrogen-bond acceptors (Lipinski definition) is 4. The molecule has 0 aliphatic rings. The minimum absolute atomic E-state index is 0.0588. The maximum atomic E-state index is 12.6. The van der Waals surface area contributed by atoms with Gasteiger partial charge < -0.3 is 9.15 Å². The Morgan fingerprint density at radius 1 is 1.26 bits per heavy atom. The number of aromatic nitrogens is 2. The van der Waals surface area contributed by atoms with E-state index in [2.05, 4.69) is 9.97 Å². The average molecular weight is 272 g/mol. The van der Waals surface area contributed by atoms with E-state index in [9.17, 15) is 13.2 Å². The van der Waals surface area contributed by atoms with Crippen LogP contribution in [-0.4, -0.2) is 16.1 Å². The lowest BCUT2D eigenvalue weighted by Gasteiger charge is -2.14. The minimum Gasteiger partial charge on any atom is -0.489 e. The van der Waals surface area contributed by atoms with E-state index in [1.54, 1.807) is 13.8 Å². The fourth-order valence-corrected chi connectivity index (χ4v) is 1.47. The van der Waals surface area contributed by atoms with Gasteiger partial charge in [-0.15, -0.1) is 0 Å². The van der Waals surface area contributed by atoms with Gasteiger partial charge >= 0.3 is 6.18 Å². The van der Waals surface area contributed by atoms with Crippen molar-refractivity contribution in [2.24, 2.45) is 0 Å². The molecule has 2 heterocycles. The molecule has 0 unspecified atom stereocenters. The lowest BCUT2D eigenvalue weighted by Crippen LogP contribution is -2.11. The highest BCUT2D eigenvalue weighted by Crippen LogP contribution is 2.35. The van der Waals surface area contributed by atoms with E-state index in [-0.39, 0.29) is 23.3 Å². The second-order valence-corrected chi connectivity index (χ2v) is 4.07. The van der Waals surface area contributed by atoms with Crippen molar-refractivity contribution in [3.63, 3.8) is 0 Å². The molecule has 0 spiro atoms. The molecule has 2 aromatic rings. The van der Waals surface area contributed by atoms with Gasteiger partial charge in [0.15, 0.2) is 5.75 Å². The van der Waals surface area contributed by atoms with E-state index in [0.717, 1.165) is 12.3 Å². The third-order valence-electron chi connectivity index (χ3n) is 2.18. The van der Waals surface area contributed by atoms with Gasteiger partial charge in [-0.1, -0.05) is 0 Å². The molecule has 2 aromatic heterocycles. The van der Waals surface area contributed by atoms with Crippen molar-refractivity contribution in [3.05, 3.63) is 30.4 Å². The number of alkyl halides is 3. The van der Waals surface area contributed by atoms with Gasteiger partial charge in [-0.25, -0.2) is 9.97 Å². The lowest BCUT2D eigenvalue weighted by atomic mass is 10.2. The summed E-state index contributed by atoms with van der Waals surface area (Å²) in [6, 6.07) is 0.865. The van der Waals surface area contributed by atoms with Crippen LogP contribution in [0.3, 0.4) is 0 Å². The number of halogens is 3. The highest BCUT2D eigenvalue weighted by atomic mass is 19.4. The predicted octanol–water partition coefficient (Wildman–Crippen LogP) is 3.54. The maximum absolute atomic E-state index is 12.6. The van der Waals surface area contributed by atoms with Gasteiger partial charge in [0, 0.05) is 0 Å². The number of nitrogens with zero attached hydrogens (tertiary/aromatic N) is 2. The summed E-state index contributed by atoms with van der Waals surface area (Å²) >= 11 is 0. The van der Waals surface area contributed by atoms with Crippen LogP contribution in [0, 0.1) is 0 Å². The first-order valence-electron chi connectivity index (χ1n) is 5.51. The molecule has 0 fully saturated rings. The number of ether oxygens (including phenoxy) is 1. The van der Waals surface area contributed by atoms with Crippen molar-refractivity contribution in [3.8, 4) is 17.2 Å². The zero-order chi connectivity index (χ0) is 14.0. The molecule has 0 amide bonds. The van der Waals surface area contributed by atoms with Crippen molar-refractivity contribution in [2.75, 3.05) is 0 Å². The molecule has 7 heteroatoms. The van der Waals surface area contributed by atoms with Crippen LogP contribution in [0.25, 0.3) is 11.5 Å². The summed E-state index contributed by atoms with van der Waals surface area (Å²) in [6.07, 6.45) is -1.07. The summed E-state index contributed by atoms with van der Waals surface area (Å²) in [5.41, 5.74) is -0.891. The van der Waals surface area contributed by atoms with E-state index < -0.39 is 11.9 Å². The largest absolute Gasteiger partial charge is 0.489 e. The number of rotatable bonds is 3. The summed E-state index contributed by atoms with van der Waals surface area (Å²) < 4.78 is 48.4. The molecular weight excluding hydrogens is 261 g/mol. The minimum atomic E-state index is -4.53. The van der Waals surface area contributed by atoms with Crippen molar-refractivity contribution in [2.45, 2.75) is 26.1 Å². The molecular formula is C12H11F3N2O2. The Hall–Kier alpha value is -2.05. The van der Waals surface area contributed by atoms with Gasteiger partial charge in [0.2, 0.25) is 5.89 Å². The van der Waals surface area contributed by atoms with Crippen LogP contribution in [0.2, 0.25) is 0 Å². The van der Waals surface area contributed by atoms with Crippen molar-refractivity contribution in [1.29, 1.82) is 0 Å². The first-order chi connectivity index (χ1) is 8.88. The molecule has 4 nitrogen and oxygen atoms in total. The first kappa shape index (κ1) is 13.4. The van der Waals surface area contributed by atoms with E-state index in [1.165, 1.54) is 12.5 Å². The van der Waals surface area contributed by atoms with E-state index in [0.29, 0.717) is 0 Å². The summed E-state index contributed by atoms with van der Waals surface area (Å²) in [5, 5.41) is 0. The zero-order valence-corrected chi connectivity index (χ0v) is 10.2. The summed E-state index contributed by atoms with van der Waals surface area (Å²) in [5.74, 6) is 0.258. The SMILES string of the molecule is CC(C)Oc1cnc(C(F)(F)F)cc1-c1ncco1. The van der Waals surface area contributed by atoms with Crippen LogP contribution in [-0.2, 0) is 6.18 Å². The Kier molecular flexibility index (Phi) is 3.46. The Morgan fingerprint density at radius 2 is 2.00 bits per heavy atom. The van der Waals surface area contributed by atoms with Crippen LogP contribution in [0.4, 0.5) is 13.2 Å². The average Bonchev–Trinajstić information content (AvgIpc) is 2.80. The molecule has 102 valence electrons. The Balaban J connectivity index is 2.51. The predicted molar refractivity (Wildman–Crippen MR) is 60.5 cm³/mol. The lowest BCUT2D eigenvalue weighted by molar-refractivity contribution is -0.141. The summed E-state index contributed by atoms with van der Waals surface area (Å²) in [7, 11) is 0. The third kappa shape index (κ3) is 3.04. The van der Waals surface area contributed by atoms with Crippen LogP contribution >= 0.6 is 0 Å². The Morgan fingerprint density at radius 3 is 2.53 bits per heavy atom. The van der Waals surface area contributed by atoms with E-state index in [4.69, 9.17) is 9.15 Å². The third-order valence-corrected chi connectivity index (χ3v) is 2.18. The monoisotopic (exact) mass is 272 g/mol. The topological polar surface area (TPSA) is 48.2 Å². The summed E-state index contributed by atoms with van der Waals surface area (Å²) in [4.78, 5) is 7.19. The van der Waals surface area contributed by atoms with E-state index >= 15 is 0 Å². The van der Waals surface area contributed by atoms with Gasteiger partial charge in [-0.2, -0.15) is 13.2 Å². The molecule has 0 aliphatic carbocycles. The second-order valence-electron chi connectivity index (χ2n) is 4.07. The molecule has 2 rings (SSSR count). The standard InChI is InChI=1S/C12H11F3N2O2/c1-7(2)19-9-6-17-10(12(13,14)15)5-8(9)11-16-3-4-18-11/h3-7H,1-2H3. The van der Waals surface area contributed by atoms with Crippen LogP contribution < -0.4 is 4.74 Å². The highest BCUT2D eigenvalue weighted by molar-refractivity contribution is 5.62. The second kappa shape index (κ2) is 4.91. The van der Waals surface area contributed by atoms with Crippen LogP contribution in [0.5, 0.6) is 5.75 Å². The fourth-order valence-electron chi connectivity index (χ4n) is 1.47. The normalized spacial score (nSPS) is 11.9. The number of pyridine rings is 1. The number of hydrogen-bond donors (Lipinski definition) is 0. The molecule has 0 atom stereocenters. The maximum Gasteiger partial charge on any atom is 0.433 e. The van der Waals surface area contributed by atoms with Crippen molar-refractivity contribution >= 4 is 0 Å². The van der Waals surface area contributed by atoms with Gasteiger partial charge in [0.1, 0.15) is 12.0 Å². The van der Waals surface area contributed by atoms with Crippen LogP contribution in [0.15, 0.2) is 29.1 Å². The van der Waals surface area contributed by atoms with Crippen LogP contribution in [0.1, 0.15) is 19.5 Å².